The first-order chi connectivity index (χ1) is 8.09. The van der Waals surface area contributed by atoms with Gasteiger partial charge in [0.1, 0.15) is 0 Å². The van der Waals surface area contributed by atoms with Gasteiger partial charge in [0, 0.05) is 12.6 Å². The number of carboxylic acid groups (broad SMARTS) is 1. The smallest absolute Gasteiger partial charge is 0.313 e. The number of nitrogens with zero attached hydrogens (tertiary/aromatic N) is 1. The summed E-state index contributed by atoms with van der Waals surface area (Å²) in [5, 5.41) is 11.3. The Balaban J connectivity index is 2.08. The van der Waals surface area contributed by atoms with Crippen LogP contribution in [0.5, 0.6) is 0 Å². The van der Waals surface area contributed by atoms with Crippen molar-refractivity contribution in [3.05, 3.63) is 0 Å². The highest BCUT2D eigenvalue weighted by Crippen LogP contribution is 2.10. The Labute approximate surface area is 106 Å². The van der Waals surface area contributed by atoms with Crippen molar-refractivity contribution in [2.24, 2.45) is 0 Å². The van der Waals surface area contributed by atoms with Crippen molar-refractivity contribution in [2.45, 2.75) is 25.8 Å². The molecule has 1 atom stereocenters. The fourth-order valence-corrected chi connectivity index (χ4v) is 2.42. The largest absolute Gasteiger partial charge is 0.481 e. The molecule has 1 saturated heterocycles. The second-order valence-corrected chi connectivity index (χ2v) is 5.27. The molecule has 0 radical (unpaired) electrons. The van der Waals surface area contributed by atoms with Crippen LogP contribution in [0.25, 0.3) is 0 Å². The second-order valence-electron chi connectivity index (χ2n) is 4.28. The zero-order chi connectivity index (χ0) is 12.7. The summed E-state index contributed by atoms with van der Waals surface area (Å²) in [6.45, 7) is 4.98. The van der Waals surface area contributed by atoms with Crippen LogP contribution in [0.4, 0.5) is 0 Å². The van der Waals surface area contributed by atoms with E-state index in [0.29, 0.717) is 12.6 Å². The van der Waals surface area contributed by atoms with E-state index in [2.05, 4.69) is 17.1 Å². The SMILES string of the molecule is CC(CNC(=O)CSCC(=O)O)N1CCCC1. The standard InChI is InChI=1S/C11H20N2O3S/c1-9(13-4-2-3-5-13)6-12-10(14)7-17-8-11(15)16/h9H,2-8H2,1H3,(H,12,14)(H,15,16). The molecule has 5 nitrogen and oxygen atoms in total. The van der Waals surface area contributed by atoms with Crippen molar-refractivity contribution in [3.63, 3.8) is 0 Å². The Morgan fingerprint density at radius 3 is 2.59 bits per heavy atom. The number of carboxylic acids is 1. The maximum Gasteiger partial charge on any atom is 0.313 e. The van der Waals surface area contributed by atoms with Crippen LogP contribution in [-0.2, 0) is 9.59 Å². The zero-order valence-corrected chi connectivity index (χ0v) is 11.0. The molecule has 0 saturated carbocycles. The van der Waals surface area contributed by atoms with Crippen LogP contribution in [0.1, 0.15) is 19.8 Å². The number of carbonyl (C=O) groups is 2. The van der Waals surface area contributed by atoms with Crippen LogP contribution in [0.3, 0.4) is 0 Å². The zero-order valence-electron chi connectivity index (χ0n) is 10.1. The normalized spacial score (nSPS) is 17.9. The van der Waals surface area contributed by atoms with Gasteiger partial charge in [0.2, 0.25) is 5.91 Å². The van der Waals surface area contributed by atoms with Gasteiger partial charge < -0.3 is 10.4 Å². The Hall–Kier alpha value is -0.750. The highest BCUT2D eigenvalue weighted by Gasteiger charge is 2.18. The number of carbonyl (C=O) groups excluding carboxylic acids is 1. The molecule has 98 valence electrons. The lowest BCUT2D eigenvalue weighted by Crippen LogP contribution is -2.41. The quantitative estimate of drug-likeness (QED) is 0.693. The van der Waals surface area contributed by atoms with E-state index in [4.69, 9.17) is 5.11 Å². The first kappa shape index (κ1) is 14.3. The van der Waals surface area contributed by atoms with Crippen LogP contribution < -0.4 is 5.32 Å². The monoisotopic (exact) mass is 260 g/mol. The molecule has 0 spiro atoms. The van der Waals surface area contributed by atoms with E-state index in [-0.39, 0.29) is 17.4 Å². The van der Waals surface area contributed by atoms with Gasteiger partial charge in [0.05, 0.1) is 11.5 Å². The van der Waals surface area contributed by atoms with Crippen LogP contribution >= 0.6 is 11.8 Å². The van der Waals surface area contributed by atoms with E-state index in [1.54, 1.807) is 0 Å². The predicted molar refractivity (Wildman–Crippen MR) is 68.2 cm³/mol. The third-order valence-electron chi connectivity index (χ3n) is 2.82. The highest BCUT2D eigenvalue weighted by molar-refractivity contribution is 8.00. The molecule has 1 amide bonds. The molecule has 0 aromatic carbocycles. The predicted octanol–water partition coefficient (Wildman–Crippen LogP) is 0.405. The van der Waals surface area contributed by atoms with Gasteiger partial charge in [-0.05, 0) is 32.9 Å². The van der Waals surface area contributed by atoms with Crippen molar-refractivity contribution >= 4 is 23.6 Å². The van der Waals surface area contributed by atoms with E-state index < -0.39 is 5.97 Å². The van der Waals surface area contributed by atoms with Gasteiger partial charge in [-0.15, -0.1) is 11.8 Å². The van der Waals surface area contributed by atoms with Crippen molar-refractivity contribution in [1.82, 2.24) is 10.2 Å². The fourth-order valence-electron chi connectivity index (χ4n) is 1.86. The first-order valence-electron chi connectivity index (χ1n) is 5.90. The highest BCUT2D eigenvalue weighted by atomic mass is 32.2. The van der Waals surface area contributed by atoms with Crippen LogP contribution in [-0.4, -0.2) is 59.1 Å². The molecule has 1 fully saturated rings. The molecular formula is C11H20N2O3S. The summed E-state index contributed by atoms with van der Waals surface area (Å²) in [6, 6.07) is 0.367. The number of amides is 1. The van der Waals surface area contributed by atoms with Gasteiger partial charge in [-0.25, -0.2) is 0 Å². The molecule has 1 heterocycles. The molecule has 0 aliphatic carbocycles. The summed E-state index contributed by atoms with van der Waals surface area (Å²) in [7, 11) is 0. The summed E-state index contributed by atoms with van der Waals surface area (Å²) in [5.74, 6) is -0.760. The maximum atomic E-state index is 11.4. The summed E-state index contributed by atoms with van der Waals surface area (Å²) in [5.41, 5.74) is 0. The molecule has 1 unspecified atom stereocenters. The molecule has 0 aromatic heterocycles. The van der Waals surface area contributed by atoms with E-state index in [1.165, 1.54) is 12.8 Å². The molecule has 0 aromatic rings. The molecule has 1 aliphatic heterocycles. The molecule has 1 rings (SSSR count). The van der Waals surface area contributed by atoms with Crippen LogP contribution in [0.2, 0.25) is 0 Å². The number of likely N-dealkylation sites (tertiary alicyclic amines) is 1. The number of aliphatic carboxylic acids is 1. The molecule has 6 heteroatoms. The molecule has 0 bridgehead atoms. The van der Waals surface area contributed by atoms with Gasteiger partial charge >= 0.3 is 5.97 Å². The topological polar surface area (TPSA) is 69.6 Å². The van der Waals surface area contributed by atoms with Crippen molar-refractivity contribution < 1.29 is 14.7 Å². The molecule has 1 aliphatic rings. The average Bonchev–Trinajstić information content (AvgIpc) is 2.78. The Morgan fingerprint density at radius 1 is 1.35 bits per heavy atom. The van der Waals surface area contributed by atoms with Crippen LogP contribution in [0.15, 0.2) is 0 Å². The van der Waals surface area contributed by atoms with E-state index in [1.807, 2.05) is 0 Å². The minimum Gasteiger partial charge on any atom is -0.481 e. The number of rotatable bonds is 7. The molecule has 17 heavy (non-hydrogen) atoms. The van der Waals surface area contributed by atoms with Gasteiger partial charge in [-0.3, -0.25) is 14.5 Å². The second kappa shape index (κ2) is 7.55. The van der Waals surface area contributed by atoms with E-state index in [0.717, 1.165) is 24.9 Å². The summed E-state index contributed by atoms with van der Waals surface area (Å²) >= 11 is 1.13. The lowest BCUT2D eigenvalue weighted by Gasteiger charge is -2.23. The minimum atomic E-state index is -0.881. The van der Waals surface area contributed by atoms with Gasteiger partial charge in [0.25, 0.3) is 0 Å². The van der Waals surface area contributed by atoms with Crippen LogP contribution in [0, 0.1) is 0 Å². The maximum absolute atomic E-state index is 11.4. The number of thioether (sulfide) groups is 1. The Morgan fingerprint density at radius 2 is 2.00 bits per heavy atom. The fraction of sp³-hybridized carbons (Fsp3) is 0.818. The lowest BCUT2D eigenvalue weighted by atomic mass is 10.3. The van der Waals surface area contributed by atoms with E-state index in [9.17, 15) is 9.59 Å². The lowest BCUT2D eigenvalue weighted by molar-refractivity contribution is -0.133. The third-order valence-corrected chi connectivity index (χ3v) is 3.73. The van der Waals surface area contributed by atoms with Gasteiger partial charge in [0.15, 0.2) is 0 Å². The molecular weight excluding hydrogens is 240 g/mol. The van der Waals surface area contributed by atoms with Gasteiger partial charge in [-0.1, -0.05) is 0 Å². The Kier molecular flexibility index (Phi) is 6.36. The molecule has 2 N–H and O–H groups in total. The van der Waals surface area contributed by atoms with E-state index >= 15 is 0 Å². The average molecular weight is 260 g/mol. The number of hydrogen-bond donors (Lipinski definition) is 2. The summed E-state index contributed by atoms with van der Waals surface area (Å²) in [6.07, 6.45) is 2.49. The minimum absolute atomic E-state index is 0.0188. The number of nitrogens with one attached hydrogen (secondary N) is 1. The summed E-state index contributed by atoms with van der Waals surface area (Å²) < 4.78 is 0. The Bertz CT molecular complexity index is 267. The summed E-state index contributed by atoms with van der Waals surface area (Å²) in [4.78, 5) is 24.0. The first-order valence-corrected chi connectivity index (χ1v) is 7.05. The third kappa shape index (κ3) is 5.93. The van der Waals surface area contributed by atoms with Crippen molar-refractivity contribution in [2.75, 3.05) is 31.1 Å². The number of hydrogen-bond acceptors (Lipinski definition) is 4. The van der Waals surface area contributed by atoms with Gasteiger partial charge in [-0.2, -0.15) is 0 Å². The van der Waals surface area contributed by atoms with Crippen molar-refractivity contribution in [1.29, 1.82) is 0 Å². The van der Waals surface area contributed by atoms with Crippen molar-refractivity contribution in [3.8, 4) is 0 Å².